The van der Waals surface area contributed by atoms with Crippen molar-refractivity contribution in [1.82, 2.24) is 24.2 Å². The van der Waals surface area contributed by atoms with Gasteiger partial charge < -0.3 is 4.57 Å². The molecule has 2 aromatic rings. The topological polar surface area (TPSA) is 38.9 Å². The zero-order valence-corrected chi connectivity index (χ0v) is 12.8. The molecular formula is C15H23N5. The van der Waals surface area contributed by atoms with Crippen LogP contribution in [0.4, 0.5) is 0 Å². The van der Waals surface area contributed by atoms with Crippen molar-refractivity contribution in [3.8, 4) is 0 Å². The van der Waals surface area contributed by atoms with Crippen molar-refractivity contribution in [3.63, 3.8) is 0 Å². The van der Waals surface area contributed by atoms with Crippen LogP contribution in [0, 0.1) is 0 Å². The number of imidazole rings is 1. The summed E-state index contributed by atoms with van der Waals surface area (Å²) in [5, 5.41) is 4.24. The molecule has 20 heavy (non-hydrogen) atoms. The fourth-order valence-electron chi connectivity index (χ4n) is 3.07. The Balaban J connectivity index is 1.76. The molecule has 0 unspecified atom stereocenters. The van der Waals surface area contributed by atoms with Crippen molar-refractivity contribution in [2.75, 3.05) is 6.54 Å². The molecule has 0 N–H and O–H groups in total. The smallest absolute Gasteiger partial charge is 0.111 e. The van der Waals surface area contributed by atoms with Gasteiger partial charge in [-0.05, 0) is 0 Å². The molecule has 3 heterocycles. The van der Waals surface area contributed by atoms with Gasteiger partial charge in [0.15, 0.2) is 0 Å². The van der Waals surface area contributed by atoms with E-state index in [1.54, 1.807) is 0 Å². The van der Waals surface area contributed by atoms with Gasteiger partial charge in [0.1, 0.15) is 5.82 Å². The minimum Gasteiger partial charge on any atom is -0.335 e. The first-order valence-electron chi connectivity index (χ1n) is 7.29. The van der Waals surface area contributed by atoms with Crippen molar-refractivity contribution in [2.24, 2.45) is 14.1 Å². The van der Waals surface area contributed by atoms with E-state index in [2.05, 4.69) is 41.7 Å². The maximum atomic E-state index is 4.85. The summed E-state index contributed by atoms with van der Waals surface area (Å²) in [7, 11) is 4.11. The van der Waals surface area contributed by atoms with Crippen molar-refractivity contribution in [3.05, 3.63) is 35.2 Å². The molecule has 108 valence electrons. The summed E-state index contributed by atoms with van der Waals surface area (Å²) < 4.78 is 4.16. The van der Waals surface area contributed by atoms with Crippen LogP contribution in [0.1, 0.15) is 42.5 Å². The Morgan fingerprint density at radius 2 is 2.10 bits per heavy atom. The van der Waals surface area contributed by atoms with Crippen molar-refractivity contribution < 1.29 is 0 Å². The maximum absolute atomic E-state index is 4.85. The van der Waals surface area contributed by atoms with Crippen LogP contribution in [-0.4, -0.2) is 30.8 Å². The molecule has 1 aliphatic rings. The Bertz CT molecular complexity index is 608. The van der Waals surface area contributed by atoms with E-state index in [9.17, 15) is 0 Å². The minimum atomic E-state index is 0.484. The van der Waals surface area contributed by atoms with Crippen LogP contribution in [-0.2, 0) is 33.6 Å². The number of hydrogen-bond acceptors (Lipinski definition) is 3. The minimum absolute atomic E-state index is 0.484. The lowest BCUT2D eigenvalue weighted by Gasteiger charge is -2.26. The Kier molecular flexibility index (Phi) is 3.38. The van der Waals surface area contributed by atoms with Crippen LogP contribution < -0.4 is 0 Å². The normalized spacial score (nSPS) is 15.8. The summed E-state index contributed by atoms with van der Waals surface area (Å²) in [6.07, 6.45) is 5.13. The van der Waals surface area contributed by atoms with Crippen LogP contribution >= 0.6 is 0 Å². The lowest BCUT2D eigenvalue weighted by molar-refractivity contribution is 0.240. The molecule has 0 atom stereocenters. The highest BCUT2D eigenvalue weighted by Gasteiger charge is 2.23. The van der Waals surface area contributed by atoms with Gasteiger partial charge in [0.05, 0.1) is 11.9 Å². The largest absolute Gasteiger partial charge is 0.335 e. The first kappa shape index (κ1) is 13.4. The van der Waals surface area contributed by atoms with Crippen molar-refractivity contribution in [1.29, 1.82) is 0 Å². The molecule has 0 fully saturated rings. The third kappa shape index (κ3) is 2.38. The first-order valence-corrected chi connectivity index (χ1v) is 7.29. The molecule has 0 saturated heterocycles. The van der Waals surface area contributed by atoms with Gasteiger partial charge in [0.2, 0.25) is 0 Å². The average Bonchev–Trinajstić information content (AvgIpc) is 2.94. The summed E-state index contributed by atoms with van der Waals surface area (Å²) in [6, 6.07) is 0. The van der Waals surface area contributed by atoms with Crippen LogP contribution in [0.3, 0.4) is 0 Å². The van der Waals surface area contributed by atoms with Gasteiger partial charge in [0, 0.05) is 63.5 Å². The third-order valence-corrected chi connectivity index (χ3v) is 4.05. The number of aromatic nitrogens is 4. The molecule has 0 bridgehead atoms. The second-order valence-corrected chi connectivity index (χ2v) is 6.06. The highest BCUT2D eigenvalue weighted by atomic mass is 15.2. The highest BCUT2D eigenvalue weighted by molar-refractivity contribution is 5.21. The van der Waals surface area contributed by atoms with E-state index in [0.717, 1.165) is 26.1 Å². The molecule has 0 radical (unpaired) electrons. The summed E-state index contributed by atoms with van der Waals surface area (Å²) in [4.78, 5) is 7.30. The molecule has 0 amide bonds. The number of hydrogen-bond donors (Lipinski definition) is 0. The van der Waals surface area contributed by atoms with Crippen LogP contribution in [0.15, 0.2) is 12.4 Å². The van der Waals surface area contributed by atoms with E-state index < -0.39 is 0 Å². The SMILES string of the molecule is CC(C)c1nc2c(n1C)CCN(Cc1cnn(C)c1)C2. The van der Waals surface area contributed by atoms with E-state index >= 15 is 0 Å². The Labute approximate surface area is 120 Å². The van der Waals surface area contributed by atoms with Gasteiger partial charge in [-0.2, -0.15) is 5.10 Å². The number of nitrogens with zero attached hydrogens (tertiary/aromatic N) is 5. The van der Waals surface area contributed by atoms with Crippen molar-refractivity contribution >= 4 is 0 Å². The Morgan fingerprint density at radius 1 is 1.30 bits per heavy atom. The summed E-state index contributed by atoms with van der Waals surface area (Å²) >= 11 is 0. The summed E-state index contributed by atoms with van der Waals surface area (Å²) in [5.41, 5.74) is 3.94. The van der Waals surface area contributed by atoms with Crippen LogP contribution in [0.25, 0.3) is 0 Å². The lowest BCUT2D eigenvalue weighted by Crippen LogP contribution is -2.30. The van der Waals surface area contributed by atoms with Gasteiger partial charge in [-0.3, -0.25) is 9.58 Å². The van der Waals surface area contributed by atoms with E-state index in [1.165, 1.54) is 22.8 Å². The van der Waals surface area contributed by atoms with E-state index in [0.29, 0.717) is 5.92 Å². The molecule has 0 spiro atoms. The third-order valence-electron chi connectivity index (χ3n) is 4.05. The van der Waals surface area contributed by atoms with E-state index in [1.807, 2.05) is 17.9 Å². The monoisotopic (exact) mass is 273 g/mol. The van der Waals surface area contributed by atoms with Gasteiger partial charge in [-0.25, -0.2) is 4.98 Å². The molecule has 2 aromatic heterocycles. The summed E-state index contributed by atoms with van der Waals surface area (Å²) in [6.45, 7) is 7.42. The molecule has 1 aliphatic heterocycles. The first-order chi connectivity index (χ1) is 9.54. The van der Waals surface area contributed by atoms with Gasteiger partial charge in [-0.1, -0.05) is 13.8 Å². The fourth-order valence-corrected chi connectivity index (χ4v) is 3.07. The number of aryl methyl sites for hydroxylation is 1. The standard InChI is InChI=1S/C15H23N5/c1-11(2)15-17-13-10-20(6-5-14(13)19(15)4)9-12-7-16-18(3)8-12/h7-8,11H,5-6,9-10H2,1-4H3. The predicted molar refractivity (Wildman–Crippen MR) is 78.3 cm³/mol. The Morgan fingerprint density at radius 3 is 2.75 bits per heavy atom. The molecular weight excluding hydrogens is 250 g/mol. The fraction of sp³-hybridized carbons (Fsp3) is 0.600. The molecule has 0 aliphatic carbocycles. The molecule has 5 nitrogen and oxygen atoms in total. The molecule has 5 heteroatoms. The molecule has 0 saturated carbocycles. The zero-order valence-electron chi connectivity index (χ0n) is 12.8. The maximum Gasteiger partial charge on any atom is 0.111 e. The second-order valence-electron chi connectivity index (χ2n) is 6.06. The number of rotatable bonds is 3. The van der Waals surface area contributed by atoms with Crippen LogP contribution in [0.5, 0.6) is 0 Å². The van der Waals surface area contributed by atoms with E-state index in [-0.39, 0.29) is 0 Å². The van der Waals surface area contributed by atoms with E-state index in [4.69, 9.17) is 4.98 Å². The predicted octanol–water partition coefficient (Wildman–Crippen LogP) is 1.84. The van der Waals surface area contributed by atoms with Gasteiger partial charge in [0.25, 0.3) is 0 Å². The summed E-state index contributed by atoms with van der Waals surface area (Å²) in [5.74, 6) is 1.69. The quantitative estimate of drug-likeness (QED) is 0.856. The Hall–Kier alpha value is -1.62. The lowest BCUT2D eigenvalue weighted by atomic mass is 10.1. The van der Waals surface area contributed by atoms with Gasteiger partial charge in [-0.15, -0.1) is 0 Å². The molecule has 3 rings (SSSR count). The number of fused-ring (bicyclic) bond motifs is 1. The highest BCUT2D eigenvalue weighted by Crippen LogP contribution is 2.24. The average molecular weight is 273 g/mol. The second kappa shape index (κ2) is 5.05. The van der Waals surface area contributed by atoms with Crippen molar-refractivity contribution in [2.45, 2.75) is 39.3 Å². The van der Waals surface area contributed by atoms with Gasteiger partial charge >= 0.3 is 0 Å². The molecule has 0 aromatic carbocycles. The zero-order chi connectivity index (χ0) is 14.3. The van der Waals surface area contributed by atoms with Crippen LogP contribution in [0.2, 0.25) is 0 Å².